The molecule has 0 amide bonds. The summed E-state index contributed by atoms with van der Waals surface area (Å²) in [7, 11) is 0. The third-order valence-electron chi connectivity index (χ3n) is 4.52. The number of hydrogen-bond donors (Lipinski definition) is 0. The van der Waals surface area contributed by atoms with Crippen molar-refractivity contribution in [1.29, 1.82) is 0 Å². The van der Waals surface area contributed by atoms with Crippen LogP contribution in [-0.4, -0.2) is 36.1 Å². The first kappa shape index (κ1) is 16.7. The second kappa shape index (κ2) is 6.64. The minimum Gasteiger partial charge on any atom is -0.345 e. The highest BCUT2D eigenvalue weighted by atomic mass is 79.9. The van der Waals surface area contributed by atoms with Gasteiger partial charge in [-0.1, -0.05) is 56.3 Å². The normalized spacial score (nSPS) is 15.3. The number of piperazine rings is 1. The van der Waals surface area contributed by atoms with Crippen LogP contribution >= 0.6 is 50.2 Å². The number of thiazole rings is 2. The number of hydrogen-bond acceptors (Lipinski definition) is 6. The molecule has 132 valence electrons. The average Bonchev–Trinajstić information content (AvgIpc) is 3.26. The smallest absolute Gasteiger partial charge is 0.186 e. The Labute approximate surface area is 172 Å². The van der Waals surface area contributed by atoms with Gasteiger partial charge in [-0.3, -0.25) is 0 Å². The summed E-state index contributed by atoms with van der Waals surface area (Å²) in [5.74, 6) is 0. The van der Waals surface area contributed by atoms with Gasteiger partial charge in [0.15, 0.2) is 10.3 Å². The molecule has 3 heterocycles. The number of halogens is 2. The van der Waals surface area contributed by atoms with Gasteiger partial charge in [0.05, 0.1) is 19.9 Å². The Morgan fingerprint density at radius 1 is 0.885 bits per heavy atom. The Morgan fingerprint density at radius 3 is 2.31 bits per heavy atom. The Hall–Kier alpha value is -1.41. The molecule has 1 fully saturated rings. The Bertz CT molecular complexity index is 1100. The summed E-state index contributed by atoms with van der Waals surface area (Å²) in [6.07, 6.45) is 0. The summed E-state index contributed by atoms with van der Waals surface area (Å²) < 4.78 is 3.46. The monoisotopic (exact) mass is 464 g/mol. The van der Waals surface area contributed by atoms with E-state index >= 15 is 0 Å². The van der Waals surface area contributed by atoms with Crippen LogP contribution in [0, 0.1) is 0 Å². The number of benzene rings is 2. The van der Waals surface area contributed by atoms with Crippen LogP contribution in [0.4, 0.5) is 10.3 Å². The maximum absolute atomic E-state index is 6.27. The van der Waals surface area contributed by atoms with Gasteiger partial charge in [-0.2, -0.15) is 0 Å². The van der Waals surface area contributed by atoms with Crippen molar-refractivity contribution in [2.24, 2.45) is 0 Å². The van der Waals surface area contributed by atoms with E-state index in [1.54, 1.807) is 22.7 Å². The zero-order valence-electron chi connectivity index (χ0n) is 13.7. The lowest BCUT2D eigenvalue weighted by atomic mass is 10.3. The van der Waals surface area contributed by atoms with Crippen LogP contribution in [0.3, 0.4) is 0 Å². The van der Waals surface area contributed by atoms with Crippen LogP contribution in [0.25, 0.3) is 20.4 Å². The first-order valence-electron chi connectivity index (χ1n) is 8.28. The molecule has 4 nitrogen and oxygen atoms in total. The predicted octanol–water partition coefficient (Wildman–Crippen LogP) is 5.65. The van der Waals surface area contributed by atoms with E-state index < -0.39 is 0 Å². The average molecular weight is 466 g/mol. The molecule has 0 aliphatic carbocycles. The molecule has 2 aromatic heterocycles. The fourth-order valence-corrected chi connectivity index (χ4v) is 6.04. The zero-order chi connectivity index (χ0) is 17.7. The molecule has 0 radical (unpaired) electrons. The molecule has 0 saturated carbocycles. The third-order valence-corrected chi connectivity index (χ3v) is 7.48. The van der Waals surface area contributed by atoms with E-state index in [1.165, 1.54) is 4.70 Å². The van der Waals surface area contributed by atoms with Crippen molar-refractivity contribution in [2.45, 2.75) is 0 Å². The maximum atomic E-state index is 6.27. The van der Waals surface area contributed by atoms with Gasteiger partial charge in [-0.05, 0) is 30.3 Å². The molecule has 0 N–H and O–H groups in total. The highest BCUT2D eigenvalue weighted by molar-refractivity contribution is 9.10. The molecule has 0 atom stereocenters. The molecule has 8 heteroatoms. The number of aromatic nitrogens is 2. The SMILES string of the molecule is Clc1cccc2sc(N3CCN(c4nc5ccc(Br)cc5s4)CC3)nc12. The fraction of sp³-hybridized carbons (Fsp3) is 0.222. The number of nitrogens with zero attached hydrogens (tertiary/aromatic N) is 4. The minimum atomic E-state index is 0.726. The van der Waals surface area contributed by atoms with E-state index in [0.717, 1.165) is 61.7 Å². The Kier molecular flexibility index (Phi) is 4.27. The fourth-order valence-electron chi connectivity index (χ4n) is 3.15. The first-order valence-corrected chi connectivity index (χ1v) is 11.1. The second-order valence-corrected chi connectivity index (χ2v) is 9.51. The van der Waals surface area contributed by atoms with Crippen molar-refractivity contribution < 1.29 is 0 Å². The van der Waals surface area contributed by atoms with Gasteiger partial charge >= 0.3 is 0 Å². The molecular weight excluding hydrogens is 452 g/mol. The minimum absolute atomic E-state index is 0.726. The first-order chi connectivity index (χ1) is 12.7. The summed E-state index contributed by atoms with van der Waals surface area (Å²) in [4.78, 5) is 14.3. The van der Waals surface area contributed by atoms with Crippen molar-refractivity contribution in [3.8, 4) is 0 Å². The molecule has 1 saturated heterocycles. The highest BCUT2D eigenvalue weighted by Crippen LogP contribution is 2.35. The summed E-state index contributed by atoms with van der Waals surface area (Å²) in [6, 6.07) is 12.2. The topological polar surface area (TPSA) is 32.3 Å². The van der Waals surface area contributed by atoms with Gasteiger partial charge in [-0.15, -0.1) is 0 Å². The van der Waals surface area contributed by atoms with E-state index in [-0.39, 0.29) is 0 Å². The molecule has 0 unspecified atom stereocenters. The lowest BCUT2D eigenvalue weighted by molar-refractivity contribution is 0.651. The summed E-state index contributed by atoms with van der Waals surface area (Å²) in [5.41, 5.74) is 1.98. The number of anilines is 2. The summed E-state index contributed by atoms with van der Waals surface area (Å²) in [6.45, 7) is 3.78. The van der Waals surface area contributed by atoms with Crippen LogP contribution in [0.5, 0.6) is 0 Å². The molecule has 4 aromatic rings. The van der Waals surface area contributed by atoms with E-state index in [9.17, 15) is 0 Å². The number of rotatable bonds is 2. The van der Waals surface area contributed by atoms with Crippen molar-refractivity contribution in [3.63, 3.8) is 0 Å². The van der Waals surface area contributed by atoms with Gasteiger partial charge in [-0.25, -0.2) is 9.97 Å². The second-order valence-electron chi connectivity index (χ2n) is 6.17. The van der Waals surface area contributed by atoms with Crippen LogP contribution in [0.1, 0.15) is 0 Å². The molecule has 5 rings (SSSR count). The molecule has 2 aromatic carbocycles. The summed E-state index contributed by atoms with van der Waals surface area (Å²) in [5, 5.41) is 2.88. The highest BCUT2D eigenvalue weighted by Gasteiger charge is 2.22. The van der Waals surface area contributed by atoms with Gasteiger partial charge < -0.3 is 9.80 Å². The quantitative estimate of drug-likeness (QED) is 0.383. The molecule has 26 heavy (non-hydrogen) atoms. The largest absolute Gasteiger partial charge is 0.345 e. The van der Waals surface area contributed by atoms with E-state index in [4.69, 9.17) is 21.6 Å². The van der Waals surface area contributed by atoms with Crippen LogP contribution in [0.15, 0.2) is 40.9 Å². The van der Waals surface area contributed by atoms with E-state index in [0.29, 0.717) is 0 Å². The third kappa shape index (κ3) is 2.97. The van der Waals surface area contributed by atoms with Gasteiger partial charge in [0, 0.05) is 30.7 Å². The Balaban J connectivity index is 1.35. The van der Waals surface area contributed by atoms with Crippen LogP contribution < -0.4 is 9.80 Å². The standard InChI is InChI=1S/C18H14BrClN4S2/c19-11-4-5-13-15(10-11)26-17(21-13)23-6-8-24(9-7-23)18-22-16-12(20)2-1-3-14(16)25-18/h1-5,10H,6-9H2. The van der Waals surface area contributed by atoms with Crippen molar-refractivity contribution >= 4 is 80.9 Å². The molecule has 0 bridgehead atoms. The zero-order valence-corrected chi connectivity index (χ0v) is 17.6. The van der Waals surface area contributed by atoms with Crippen LogP contribution in [-0.2, 0) is 0 Å². The van der Waals surface area contributed by atoms with Crippen molar-refractivity contribution in [2.75, 3.05) is 36.0 Å². The van der Waals surface area contributed by atoms with Crippen LogP contribution in [0.2, 0.25) is 5.02 Å². The van der Waals surface area contributed by atoms with E-state index in [2.05, 4.69) is 43.9 Å². The van der Waals surface area contributed by atoms with Gasteiger partial charge in [0.1, 0.15) is 5.52 Å². The van der Waals surface area contributed by atoms with E-state index in [1.807, 2.05) is 18.2 Å². The molecule has 1 aliphatic rings. The van der Waals surface area contributed by atoms with Gasteiger partial charge in [0.25, 0.3) is 0 Å². The molecule has 0 spiro atoms. The summed E-state index contributed by atoms with van der Waals surface area (Å²) >= 11 is 13.3. The molecule has 1 aliphatic heterocycles. The predicted molar refractivity (Wildman–Crippen MR) is 116 cm³/mol. The Morgan fingerprint density at radius 2 is 1.58 bits per heavy atom. The van der Waals surface area contributed by atoms with Crippen molar-refractivity contribution in [1.82, 2.24) is 9.97 Å². The number of fused-ring (bicyclic) bond motifs is 2. The molecular formula is C18H14BrClN4S2. The van der Waals surface area contributed by atoms with Gasteiger partial charge in [0.2, 0.25) is 0 Å². The lowest BCUT2D eigenvalue weighted by Crippen LogP contribution is -2.46. The lowest BCUT2D eigenvalue weighted by Gasteiger charge is -2.34. The number of para-hydroxylation sites is 1. The van der Waals surface area contributed by atoms with Crippen molar-refractivity contribution in [3.05, 3.63) is 45.9 Å². The maximum Gasteiger partial charge on any atom is 0.186 e.